The molecule has 0 fully saturated rings. The SMILES string of the molecule is Cn1ccc(C(=O)CCc2ccc3c(c2)CCCN3C(=O)c2cccc(Cl)c2)n1. The van der Waals surface area contributed by atoms with Gasteiger partial charge in [0, 0.05) is 42.5 Å². The molecule has 6 heteroatoms. The average molecular weight is 408 g/mol. The second-order valence-electron chi connectivity index (χ2n) is 7.33. The Hall–Kier alpha value is -2.92. The molecule has 0 spiro atoms. The largest absolute Gasteiger partial charge is 0.308 e. The van der Waals surface area contributed by atoms with Crippen LogP contribution in [0.15, 0.2) is 54.7 Å². The second kappa shape index (κ2) is 8.21. The van der Waals surface area contributed by atoms with Crippen molar-refractivity contribution in [2.45, 2.75) is 25.7 Å². The van der Waals surface area contributed by atoms with Crippen molar-refractivity contribution in [3.05, 3.63) is 82.1 Å². The Bertz CT molecular complexity index is 1070. The van der Waals surface area contributed by atoms with E-state index in [2.05, 4.69) is 11.2 Å². The first kappa shape index (κ1) is 19.4. The maximum atomic E-state index is 13.0. The summed E-state index contributed by atoms with van der Waals surface area (Å²) in [5, 5.41) is 4.73. The van der Waals surface area contributed by atoms with Gasteiger partial charge >= 0.3 is 0 Å². The van der Waals surface area contributed by atoms with E-state index in [1.807, 2.05) is 17.0 Å². The van der Waals surface area contributed by atoms with Crippen LogP contribution in [-0.4, -0.2) is 28.0 Å². The molecule has 0 radical (unpaired) electrons. The number of Topliss-reactive ketones (excluding diaryl/α,β-unsaturated/α-hetero) is 1. The lowest BCUT2D eigenvalue weighted by Crippen LogP contribution is -2.35. The van der Waals surface area contributed by atoms with Crippen molar-refractivity contribution in [3.8, 4) is 0 Å². The summed E-state index contributed by atoms with van der Waals surface area (Å²) in [4.78, 5) is 27.1. The number of anilines is 1. The molecule has 3 aromatic rings. The molecule has 0 atom stereocenters. The quantitative estimate of drug-likeness (QED) is 0.586. The lowest BCUT2D eigenvalue weighted by molar-refractivity contribution is 0.0973. The highest BCUT2D eigenvalue weighted by atomic mass is 35.5. The number of amides is 1. The smallest absolute Gasteiger partial charge is 0.258 e. The molecular formula is C23H22ClN3O2. The first-order valence-electron chi connectivity index (χ1n) is 9.73. The summed E-state index contributed by atoms with van der Waals surface area (Å²) >= 11 is 6.05. The van der Waals surface area contributed by atoms with Crippen LogP contribution in [0, 0.1) is 0 Å². The number of benzene rings is 2. The maximum Gasteiger partial charge on any atom is 0.258 e. The molecule has 2 aromatic carbocycles. The number of aryl methyl sites for hydroxylation is 3. The van der Waals surface area contributed by atoms with Crippen molar-refractivity contribution in [1.82, 2.24) is 9.78 Å². The Morgan fingerprint density at radius 3 is 2.76 bits per heavy atom. The molecule has 0 saturated heterocycles. The monoisotopic (exact) mass is 407 g/mol. The normalized spacial score (nSPS) is 13.2. The van der Waals surface area contributed by atoms with Crippen LogP contribution in [0.2, 0.25) is 5.02 Å². The Labute approximate surface area is 174 Å². The Morgan fingerprint density at radius 1 is 1.14 bits per heavy atom. The summed E-state index contributed by atoms with van der Waals surface area (Å²) in [6.07, 6.45) is 4.69. The zero-order chi connectivity index (χ0) is 20.4. The molecule has 0 bridgehead atoms. The van der Waals surface area contributed by atoms with Gasteiger partial charge in [-0.3, -0.25) is 14.3 Å². The second-order valence-corrected chi connectivity index (χ2v) is 7.77. The maximum absolute atomic E-state index is 13.0. The van der Waals surface area contributed by atoms with Crippen molar-refractivity contribution in [3.63, 3.8) is 0 Å². The van der Waals surface area contributed by atoms with Gasteiger partial charge in [-0.05, 0) is 60.7 Å². The Kier molecular flexibility index (Phi) is 5.49. The van der Waals surface area contributed by atoms with Gasteiger partial charge in [0.15, 0.2) is 5.78 Å². The Balaban J connectivity index is 1.49. The van der Waals surface area contributed by atoms with Crippen LogP contribution in [0.4, 0.5) is 5.69 Å². The van der Waals surface area contributed by atoms with Gasteiger partial charge in [0.25, 0.3) is 5.91 Å². The fourth-order valence-corrected chi connectivity index (χ4v) is 3.93. The van der Waals surface area contributed by atoms with E-state index in [1.165, 1.54) is 0 Å². The third-order valence-electron chi connectivity index (χ3n) is 5.22. The predicted octanol–water partition coefficient (Wildman–Crippen LogP) is 4.48. The molecule has 1 amide bonds. The number of ketones is 1. The van der Waals surface area contributed by atoms with Crippen LogP contribution in [0.3, 0.4) is 0 Å². The fraction of sp³-hybridized carbons (Fsp3) is 0.261. The van der Waals surface area contributed by atoms with Crippen molar-refractivity contribution in [1.29, 1.82) is 0 Å². The highest BCUT2D eigenvalue weighted by Gasteiger charge is 2.24. The van der Waals surface area contributed by atoms with E-state index in [0.29, 0.717) is 35.7 Å². The molecule has 1 aromatic heterocycles. The standard InChI is InChI=1S/C23H22ClN3O2/c1-26-13-11-20(25-26)22(28)10-8-16-7-9-21-17(14-16)5-3-12-27(21)23(29)18-4-2-6-19(24)15-18/h2,4,6-7,9,11,13-15H,3,5,8,10,12H2,1H3. The number of nitrogens with zero attached hydrogens (tertiary/aromatic N) is 3. The summed E-state index contributed by atoms with van der Waals surface area (Å²) in [6, 6.07) is 14.9. The Morgan fingerprint density at radius 2 is 2.00 bits per heavy atom. The van der Waals surface area contributed by atoms with Gasteiger partial charge < -0.3 is 4.90 Å². The molecule has 29 heavy (non-hydrogen) atoms. The van der Waals surface area contributed by atoms with Crippen molar-refractivity contribution in [2.24, 2.45) is 7.05 Å². The lowest BCUT2D eigenvalue weighted by atomic mass is 9.96. The van der Waals surface area contributed by atoms with Crippen molar-refractivity contribution in [2.75, 3.05) is 11.4 Å². The number of hydrogen-bond donors (Lipinski definition) is 0. The average Bonchev–Trinajstić information content (AvgIpc) is 3.17. The van der Waals surface area contributed by atoms with Crippen molar-refractivity contribution >= 4 is 29.0 Å². The van der Waals surface area contributed by atoms with Crippen LogP contribution in [0.25, 0.3) is 0 Å². The number of halogens is 1. The van der Waals surface area contributed by atoms with E-state index in [0.717, 1.165) is 29.7 Å². The van der Waals surface area contributed by atoms with E-state index >= 15 is 0 Å². The van der Waals surface area contributed by atoms with E-state index in [1.54, 1.807) is 48.3 Å². The van der Waals surface area contributed by atoms with E-state index < -0.39 is 0 Å². The first-order valence-corrected chi connectivity index (χ1v) is 10.1. The number of fused-ring (bicyclic) bond motifs is 1. The summed E-state index contributed by atoms with van der Waals surface area (Å²) in [5.41, 5.74) is 4.29. The van der Waals surface area contributed by atoms with Crippen LogP contribution in [0.5, 0.6) is 0 Å². The summed E-state index contributed by atoms with van der Waals surface area (Å²) in [5.74, 6) is 0.00705. The van der Waals surface area contributed by atoms with E-state index in [4.69, 9.17) is 11.6 Å². The minimum atomic E-state index is -0.0356. The molecule has 0 unspecified atom stereocenters. The molecule has 2 heterocycles. The van der Waals surface area contributed by atoms with Crippen LogP contribution < -0.4 is 4.90 Å². The number of carbonyl (C=O) groups is 2. The minimum Gasteiger partial charge on any atom is -0.308 e. The zero-order valence-electron chi connectivity index (χ0n) is 16.3. The molecule has 0 aliphatic carbocycles. The van der Waals surface area contributed by atoms with Gasteiger partial charge in [-0.25, -0.2) is 0 Å². The van der Waals surface area contributed by atoms with Gasteiger partial charge in [-0.15, -0.1) is 0 Å². The van der Waals surface area contributed by atoms with Crippen molar-refractivity contribution < 1.29 is 9.59 Å². The number of rotatable bonds is 5. The van der Waals surface area contributed by atoms with Crippen LogP contribution in [-0.2, 0) is 19.9 Å². The number of hydrogen-bond acceptors (Lipinski definition) is 3. The molecule has 1 aliphatic heterocycles. The summed E-state index contributed by atoms with van der Waals surface area (Å²) in [6.45, 7) is 0.690. The number of aromatic nitrogens is 2. The molecular weight excluding hydrogens is 386 g/mol. The molecule has 1 aliphatic rings. The van der Waals surface area contributed by atoms with Gasteiger partial charge in [0.05, 0.1) is 0 Å². The topological polar surface area (TPSA) is 55.2 Å². The fourth-order valence-electron chi connectivity index (χ4n) is 3.74. The third kappa shape index (κ3) is 4.25. The van der Waals surface area contributed by atoms with Gasteiger partial charge in [0.1, 0.15) is 5.69 Å². The van der Waals surface area contributed by atoms with E-state index in [-0.39, 0.29) is 11.7 Å². The molecule has 4 rings (SSSR count). The van der Waals surface area contributed by atoms with Crippen LogP contribution >= 0.6 is 11.6 Å². The summed E-state index contributed by atoms with van der Waals surface area (Å²) in [7, 11) is 1.80. The first-order chi connectivity index (χ1) is 14.0. The minimum absolute atomic E-state index is 0.0356. The number of carbonyl (C=O) groups excluding carboxylic acids is 2. The van der Waals surface area contributed by atoms with Gasteiger partial charge in [-0.2, -0.15) is 5.10 Å². The van der Waals surface area contributed by atoms with Crippen LogP contribution in [0.1, 0.15) is 44.8 Å². The van der Waals surface area contributed by atoms with Gasteiger partial charge in [-0.1, -0.05) is 29.8 Å². The molecule has 5 nitrogen and oxygen atoms in total. The lowest BCUT2D eigenvalue weighted by Gasteiger charge is -2.30. The molecule has 148 valence electrons. The highest BCUT2D eigenvalue weighted by molar-refractivity contribution is 6.31. The highest BCUT2D eigenvalue weighted by Crippen LogP contribution is 2.30. The summed E-state index contributed by atoms with van der Waals surface area (Å²) < 4.78 is 1.64. The van der Waals surface area contributed by atoms with E-state index in [9.17, 15) is 9.59 Å². The third-order valence-corrected chi connectivity index (χ3v) is 5.45. The zero-order valence-corrected chi connectivity index (χ0v) is 17.0. The molecule has 0 N–H and O–H groups in total. The predicted molar refractivity (Wildman–Crippen MR) is 114 cm³/mol. The van der Waals surface area contributed by atoms with Gasteiger partial charge in [0.2, 0.25) is 0 Å². The molecule has 0 saturated carbocycles.